The molecule has 6 bridgehead atoms. The van der Waals surface area contributed by atoms with Crippen LogP contribution in [0.15, 0.2) is 54.7 Å². The van der Waals surface area contributed by atoms with E-state index in [1.165, 1.54) is 13.1 Å². The highest BCUT2D eigenvalue weighted by Gasteiger charge is 2.51. The number of halogens is 1. The summed E-state index contributed by atoms with van der Waals surface area (Å²) >= 11 is 0. The van der Waals surface area contributed by atoms with Gasteiger partial charge in [-0.05, 0) is 91.3 Å². The number of aryl methyl sites for hydroxylation is 1. The van der Waals surface area contributed by atoms with Crippen molar-refractivity contribution < 1.29 is 52.8 Å². The number of hydrogen-bond acceptors (Lipinski definition) is 12. The third-order valence-corrected chi connectivity index (χ3v) is 13.4. The van der Waals surface area contributed by atoms with E-state index in [4.69, 9.17) is 19.2 Å². The van der Waals surface area contributed by atoms with Crippen LogP contribution in [0.2, 0.25) is 0 Å². The lowest BCUT2D eigenvalue weighted by Crippen LogP contribution is -2.67. The van der Waals surface area contributed by atoms with Crippen LogP contribution in [-0.2, 0) is 52.8 Å². The molecule has 68 heavy (non-hydrogen) atoms. The number of esters is 1. The highest BCUT2D eigenvalue weighted by Crippen LogP contribution is 2.42. The van der Waals surface area contributed by atoms with Crippen molar-refractivity contribution in [3.63, 3.8) is 0 Å². The van der Waals surface area contributed by atoms with Gasteiger partial charge < -0.3 is 44.1 Å². The van der Waals surface area contributed by atoms with E-state index in [0.717, 1.165) is 60.9 Å². The Kier molecular flexibility index (Phi) is 14.3. The summed E-state index contributed by atoms with van der Waals surface area (Å²) in [6.45, 7) is 11.2. The Morgan fingerprint density at radius 1 is 1.06 bits per heavy atom. The van der Waals surface area contributed by atoms with Crippen LogP contribution in [0.3, 0.4) is 0 Å². The highest BCUT2D eigenvalue weighted by molar-refractivity contribution is 5.97. The molecule has 4 amide bonds. The topological polar surface area (TPSA) is 205 Å². The van der Waals surface area contributed by atoms with Crippen molar-refractivity contribution in [3.8, 4) is 28.1 Å². The van der Waals surface area contributed by atoms with E-state index in [1.807, 2.05) is 51.1 Å². The fourth-order valence-corrected chi connectivity index (χ4v) is 9.96. The number of benzene rings is 2. The Morgan fingerprint density at radius 2 is 1.81 bits per heavy atom. The number of amides is 4. The molecule has 4 aromatic rings. The quantitative estimate of drug-likeness (QED) is 0.155. The third-order valence-electron chi connectivity index (χ3n) is 13.4. The van der Waals surface area contributed by atoms with Gasteiger partial charge in [-0.15, -0.1) is 0 Å². The van der Waals surface area contributed by atoms with Gasteiger partial charge >= 0.3 is 12.1 Å². The van der Waals surface area contributed by atoms with Crippen LogP contribution >= 0.6 is 0 Å². The highest BCUT2D eigenvalue weighted by atomic mass is 19.1. The first kappa shape index (κ1) is 49.8. The van der Waals surface area contributed by atoms with E-state index in [9.17, 15) is 34.2 Å². The molecule has 4 N–H and O–H groups in total. The summed E-state index contributed by atoms with van der Waals surface area (Å²) in [7, 11) is 4.10. The summed E-state index contributed by atoms with van der Waals surface area (Å²) in [4.78, 5) is 76.1. The number of alkyl halides is 1. The molecular weight excluding hydrogens is 878 g/mol. The van der Waals surface area contributed by atoms with Gasteiger partial charge in [0.15, 0.2) is 0 Å². The normalized spacial score (nSPS) is 22.9. The molecule has 366 valence electrons. The number of ether oxygens (including phenoxy) is 3. The fraction of sp³-hybridized carbons (Fsp3) is 0.520. The van der Waals surface area contributed by atoms with Crippen LogP contribution in [0.4, 0.5) is 9.18 Å². The largest absolute Gasteiger partial charge is 0.508 e. The minimum absolute atomic E-state index is 0.0443. The average Bonchev–Trinajstić information content (AvgIpc) is 3.86. The molecular formula is C50H64FN7O10. The van der Waals surface area contributed by atoms with Gasteiger partial charge in [0.05, 0.1) is 37.8 Å². The van der Waals surface area contributed by atoms with E-state index in [0.29, 0.717) is 24.1 Å². The molecule has 2 aromatic heterocycles. The number of phenols is 1. The second-order valence-corrected chi connectivity index (χ2v) is 19.5. The lowest BCUT2D eigenvalue weighted by molar-refractivity contribution is -0.189. The number of carbonyl (C=O) groups excluding carboxylic acids is 5. The molecule has 3 aliphatic rings. The number of fused-ring (bicyclic) bond motifs is 6. The first-order chi connectivity index (χ1) is 32.1. The summed E-state index contributed by atoms with van der Waals surface area (Å²) in [6.07, 6.45) is 0.664. The number of rotatable bonds is 9. The van der Waals surface area contributed by atoms with E-state index in [1.54, 1.807) is 33.2 Å². The number of hydrogen-bond donors (Lipinski definition) is 4. The second kappa shape index (κ2) is 19.5. The predicted octanol–water partition coefficient (Wildman–Crippen LogP) is 5.44. The van der Waals surface area contributed by atoms with Crippen molar-refractivity contribution in [2.45, 2.75) is 110 Å². The smallest absolute Gasteiger partial charge is 0.409 e. The second-order valence-electron chi connectivity index (χ2n) is 19.5. The van der Waals surface area contributed by atoms with Crippen LogP contribution in [0.1, 0.15) is 83.7 Å². The van der Waals surface area contributed by atoms with E-state index < -0.39 is 71.1 Å². The van der Waals surface area contributed by atoms with Crippen molar-refractivity contribution in [3.05, 3.63) is 71.5 Å². The lowest BCUT2D eigenvalue weighted by Gasteiger charge is -2.40. The van der Waals surface area contributed by atoms with Gasteiger partial charge in [-0.25, -0.2) is 14.0 Å². The summed E-state index contributed by atoms with van der Waals surface area (Å²) in [5.74, 6) is -4.18. The molecule has 5 atom stereocenters. The Balaban J connectivity index is 1.33. The molecule has 0 spiro atoms. The number of methoxy groups -OCH3 is 2. The molecule has 0 aliphatic carbocycles. The van der Waals surface area contributed by atoms with Crippen LogP contribution in [0.5, 0.6) is 5.75 Å². The zero-order valence-corrected chi connectivity index (χ0v) is 40.4. The number of aromatic nitrogens is 2. The number of pyridine rings is 1. The number of likely N-dealkylation sites (tertiary alicyclic amines) is 1. The maximum atomic E-state index is 16.3. The van der Waals surface area contributed by atoms with Crippen molar-refractivity contribution in [2.75, 3.05) is 47.5 Å². The number of aliphatic hydroxyl groups is 1. The Labute approximate surface area is 395 Å². The maximum Gasteiger partial charge on any atom is 0.409 e. The first-order valence-corrected chi connectivity index (χ1v) is 23.2. The van der Waals surface area contributed by atoms with Crippen LogP contribution in [-0.4, -0.2) is 135 Å². The summed E-state index contributed by atoms with van der Waals surface area (Å²) < 4.78 is 35.0. The third kappa shape index (κ3) is 9.76. The molecule has 5 heterocycles. The Hall–Kier alpha value is -6.11. The molecule has 7 rings (SSSR count). The number of aromatic hydroxyl groups is 1. The Morgan fingerprint density at radius 3 is 2.50 bits per heavy atom. The van der Waals surface area contributed by atoms with Crippen molar-refractivity contribution in [1.29, 1.82) is 0 Å². The molecule has 0 radical (unpaired) electrons. The number of carbonyl (C=O) groups is 5. The minimum atomic E-state index is -2.50. The SMILES string of the molecule is CCn1c(-c2cccnc2[C@H](C)OC)c2c3cc(ccc31)-c1cc(O)cc(c1)C[C@H](NC(=O)[C@H](C(C)C)N(C)C(=O)[C@]1(F)CCN(C(=O)OC)C1)C(=O)N1CCC[C@@](O)(N1)C(=O)OCC(C)(C)C2. The molecule has 2 aromatic carbocycles. The zero-order valence-electron chi connectivity index (χ0n) is 40.4. The van der Waals surface area contributed by atoms with Crippen LogP contribution in [0.25, 0.3) is 33.3 Å². The predicted molar refractivity (Wildman–Crippen MR) is 250 cm³/mol. The molecule has 2 fully saturated rings. The first-order valence-electron chi connectivity index (χ1n) is 23.2. The van der Waals surface area contributed by atoms with Gasteiger partial charge in [-0.3, -0.25) is 24.4 Å². The van der Waals surface area contributed by atoms with Gasteiger partial charge in [0.25, 0.3) is 11.8 Å². The number of likely N-dealkylation sites (N-methyl/N-ethyl adjacent to an activating group) is 1. The van der Waals surface area contributed by atoms with Crippen LogP contribution < -0.4 is 10.7 Å². The molecule has 0 unspecified atom stereocenters. The molecule has 18 heteroatoms. The van der Waals surface area contributed by atoms with Gasteiger partial charge in [0.1, 0.15) is 17.8 Å². The molecule has 3 aliphatic heterocycles. The van der Waals surface area contributed by atoms with E-state index in [2.05, 4.69) is 28.3 Å². The van der Waals surface area contributed by atoms with E-state index >= 15 is 4.39 Å². The van der Waals surface area contributed by atoms with Gasteiger partial charge in [-0.1, -0.05) is 39.8 Å². The van der Waals surface area contributed by atoms with Crippen molar-refractivity contribution in [1.82, 2.24) is 35.1 Å². The summed E-state index contributed by atoms with van der Waals surface area (Å²) in [6, 6.07) is 12.2. The fourth-order valence-electron chi connectivity index (χ4n) is 9.96. The van der Waals surface area contributed by atoms with Gasteiger partial charge in [0, 0.05) is 81.1 Å². The number of cyclic esters (lactones) is 1. The van der Waals surface area contributed by atoms with Crippen LogP contribution in [0, 0.1) is 11.3 Å². The van der Waals surface area contributed by atoms with Crippen molar-refractivity contribution in [2.24, 2.45) is 11.3 Å². The number of phenolic OH excluding ortho intramolecular Hbond substituents is 1. The molecule has 0 saturated carbocycles. The van der Waals surface area contributed by atoms with Gasteiger partial charge in [-0.2, -0.15) is 5.43 Å². The van der Waals surface area contributed by atoms with E-state index in [-0.39, 0.29) is 57.2 Å². The standard InChI is InChI=1S/C50H64FN7O10/c1-10-57-39-15-14-32-25-36(39)37(42(57)35-13-11-18-52-40(35)30(4)66-8)26-48(5,6)28-68-46(63)50(65)16-12-19-58(54-50)44(61)38(23-31-21-33(32)24-34(59)22-31)53-43(60)41(29(2)3)55(7)45(62)49(51)17-20-56(27-49)47(64)67-9/h11,13-15,18,21-22,24-25,29-30,38,41,54,59,65H,10,12,16-17,19-20,23,26-28H2,1-9H3,(H,53,60)/t30-,38-,41-,49-,50-/m0/s1. The maximum absolute atomic E-state index is 16.3. The number of nitrogens with one attached hydrogen (secondary N) is 2. The number of hydrazine groups is 1. The minimum Gasteiger partial charge on any atom is -0.508 e. The zero-order chi connectivity index (χ0) is 49.5. The summed E-state index contributed by atoms with van der Waals surface area (Å²) in [5, 5.41) is 28.0. The molecule has 17 nitrogen and oxygen atoms in total. The average molecular weight is 942 g/mol. The monoisotopic (exact) mass is 941 g/mol. The number of nitrogens with zero attached hydrogens (tertiary/aromatic N) is 5. The van der Waals surface area contributed by atoms with Crippen molar-refractivity contribution >= 4 is 40.7 Å². The van der Waals surface area contributed by atoms with Gasteiger partial charge in [0.2, 0.25) is 17.3 Å². The Bertz CT molecular complexity index is 2600. The lowest BCUT2D eigenvalue weighted by atomic mass is 9.84. The molecule has 2 saturated heterocycles. The summed E-state index contributed by atoms with van der Waals surface area (Å²) in [5.41, 5.74) is 3.49.